The number of likely N-dealkylation sites (tertiary alicyclic amines) is 1. The van der Waals surface area contributed by atoms with Crippen LogP contribution < -0.4 is 10.1 Å². The van der Waals surface area contributed by atoms with Crippen LogP contribution in [0.2, 0.25) is 0 Å². The van der Waals surface area contributed by atoms with Crippen LogP contribution in [0.1, 0.15) is 45.6 Å². The van der Waals surface area contributed by atoms with Crippen LogP contribution in [0.25, 0.3) is 0 Å². The number of hydrogen-bond donors (Lipinski definition) is 2. The quantitative estimate of drug-likeness (QED) is 0.837. The van der Waals surface area contributed by atoms with E-state index in [0.29, 0.717) is 24.3 Å². The maximum Gasteiger partial charge on any atom is 0.258 e. The van der Waals surface area contributed by atoms with E-state index in [4.69, 9.17) is 4.74 Å². The van der Waals surface area contributed by atoms with Gasteiger partial charge in [-0.3, -0.25) is 9.69 Å². The van der Waals surface area contributed by atoms with Crippen molar-refractivity contribution in [2.24, 2.45) is 0 Å². The van der Waals surface area contributed by atoms with Crippen LogP contribution in [-0.2, 0) is 4.79 Å². The molecule has 0 spiro atoms. The summed E-state index contributed by atoms with van der Waals surface area (Å²) >= 11 is 0. The van der Waals surface area contributed by atoms with Crippen molar-refractivity contribution in [3.63, 3.8) is 0 Å². The first-order chi connectivity index (χ1) is 11.4. The molecule has 5 nitrogen and oxygen atoms in total. The van der Waals surface area contributed by atoms with E-state index in [-0.39, 0.29) is 18.6 Å². The Morgan fingerprint density at radius 2 is 1.96 bits per heavy atom. The Hall–Kier alpha value is -1.59. The minimum absolute atomic E-state index is 0.0296. The second-order valence-corrected chi connectivity index (χ2v) is 7.13. The van der Waals surface area contributed by atoms with Gasteiger partial charge >= 0.3 is 0 Å². The summed E-state index contributed by atoms with van der Waals surface area (Å²) in [5.74, 6) is 0.968. The van der Waals surface area contributed by atoms with Gasteiger partial charge in [0.2, 0.25) is 0 Å². The van der Waals surface area contributed by atoms with Gasteiger partial charge in [0.15, 0.2) is 6.61 Å². The zero-order valence-corrected chi connectivity index (χ0v) is 15.2. The van der Waals surface area contributed by atoms with Crippen LogP contribution in [0.5, 0.6) is 5.75 Å². The maximum atomic E-state index is 12.1. The number of ether oxygens (including phenoxy) is 1. The first-order valence-electron chi connectivity index (χ1n) is 8.81. The number of aliphatic hydroxyl groups is 1. The van der Waals surface area contributed by atoms with Gasteiger partial charge in [-0.1, -0.05) is 26.0 Å². The summed E-state index contributed by atoms with van der Waals surface area (Å²) in [5, 5.41) is 13.1. The number of aliphatic hydroxyl groups excluding tert-OH is 1. The van der Waals surface area contributed by atoms with E-state index in [2.05, 4.69) is 37.9 Å². The van der Waals surface area contributed by atoms with Crippen molar-refractivity contribution in [2.45, 2.75) is 58.2 Å². The number of benzene rings is 1. The van der Waals surface area contributed by atoms with Crippen LogP contribution in [0.4, 0.5) is 0 Å². The third-order valence-corrected chi connectivity index (χ3v) is 4.61. The lowest BCUT2D eigenvalue weighted by atomic mass is 10.0. The number of β-amino-alcohol motifs (C(OH)–C–C–N with tert-alkyl or cyclic N) is 1. The summed E-state index contributed by atoms with van der Waals surface area (Å²) in [7, 11) is 0. The lowest BCUT2D eigenvalue weighted by molar-refractivity contribution is -0.125. The fourth-order valence-corrected chi connectivity index (χ4v) is 2.94. The number of hydrogen-bond acceptors (Lipinski definition) is 4. The molecule has 1 saturated heterocycles. The molecule has 0 aromatic heterocycles. The van der Waals surface area contributed by atoms with E-state index >= 15 is 0 Å². The predicted octanol–water partition coefficient (Wildman–Crippen LogP) is 2.15. The van der Waals surface area contributed by atoms with E-state index in [0.717, 1.165) is 13.0 Å². The first-order valence-corrected chi connectivity index (χ1v) is 8.81. The Kier molecular flexibility index (Phi) is 6.63. The third kappa shape index (κ3) is 5.21. The fourth-order valence-electron chi connectivity index (χ4n) is 2.94. The summed E-state index contributed by atoms with van der Waals surface area (Å²) in [6.07, 6.45) is 0.226. The number of nitrogens with zero attached hydrogens (tertiary/aromatic N) is 1. The fraction of sp³-hybridized carbons (Fsp3) is 0.632. The Labute approximate surface area is 145 Å². The Morgan fingerprint density at radius 3 is 2.50 bits per heavy atom. The highest BCUT2D eigenvalue weighted by Gasteiger charge is 2.29. The Morgan fingerprint density at radius 1 is 1.29 bits per heavy atom. The molecule has 1 aliphatic rings. The van der Waals surface area contributed by atoms with Crippen LogP contribution in [-0.4, -0.2) is 53.8 Å². The average Bonchev–Trinajstić information content (AvgIpc) is 2.55. The van der Waals surface area contributed by atoms with E-state index in [1.165, 1.54) is 5.56 Å². The molecule has 2 N–H and O–H groups in total. The number of nitrogens with one attached hydrogen (secondary N) is 1. The molecule has 1 amide bonds. The van der Waals surface area contributed by atoms with Gasteiger partial charge in [-0.25, -0.2) is 0 Å². The molecule has 134 valence electrons. The van der Waals surface area contributed by atoms with Crippen LogP contribution in [0.3, 0.4) is 0 Å². The van der Waals surface area contributed by atoms with Gasteiger partial charge < -0.3 is 15.2 Å². The lowest BCUT2D eigenvalue weighted by Crippen LogP contribution is -2.56. The minimum atomic E-state index is -0.532. The summed E-state index contributed by atoms with van der Waals surface area (Å²) in [5.41, 5.74) is 1.24. The van der Waals surface area contributed by atoms with Gasteiger partial charge in [-0.2, -0.15) is 0 Å². The molecular formula is C19H30N2O3. The van der Waals surface area contributed by atoms with E-state index in [9.17, 15) is 9.90 Å². The van der Waals surface area contributed by atoms with Gasteiger partial charge in [0.25, 0.3) is 5.91 Å². The molecule has 1 heterocycles. The first kappa shape index (κ1) is 18.7. The van der Waals surface area contributed by atoms with Crippen molar-refractivity contribution in [2.75, 3.05) is 19.7 Å². The maximum absolute atomic E-state index is 12.1. The normalized spacial score (nSPS) is 22.0. The molecule has 0 bridgehead atoms. The molecule has 5 heteroatoms. The molecule has 2 atom stereocenters. The second kappa shape index (κ2) is 8.49. The largest absolute Gasteiger partial charge is 0.484 e. The highest BCUT2D eigenvalue weighted by Crippen LogP contribution is 2.18. The predicted molar refractivity (Wildman–Crippen MR) is 95.3 cm³/mol. The number of carbonyl (C=O) groups is 1. The molecule has 1 aliphatic heterocycles. The van der Waals surface area contributed by atoms with Crippen molar-refractivity contribution in [1.82, 2.24) is 10.2 Å². The number of amides is 1. The second-order valence-electron chi connectivity index (χ2n) is 7.13. The average molecular weight is 334 g/mol. The third-order valence-electron chi connectivity index (χ3n) is 4.61. The zero-order valence-electron chi connectivity index (χ0n) is 15.2. The van der Waals surface area contributed by atoms with Gasteiger partial charge in [0.05, 0.1) is 12.1 Å². The molecule has 0 saturated carbocycles. The number of piperidine rings is 1. The molecule has 0 radical (unpaired) electrons. The minimum Gasteiger partial charge on any atom is -0.484 e. The summed E-state index contributed by atoms with van der Waals surface area (Å²) in [6, 6.07) is 8.02. The molecule has 1 fully saturated rings. The van der Waals surface area contributed by atoms with Crippen molar-refractivity contribution in [3.8, 4) is 5.75 Å². The van der Waals surface area contributed by atoms with Crippen molar-refractivity contribution in [1.29, 1.82) is 0 Å². The molecule has 24 heavy (non-hydrogen) atoms. The number of carbonyl (C=O) groups excluding carboxylic acids is 1. The van der Waals surface area contributed by atoms with E-state index < -0.39 is 6.10 Å². The zero-order chi connectivity index (χ0) is 17.7. The van der Waals surface area contributed by atoms with Gasteiger partial charge in [0, 0.05) is 19.1 Å². The monoisotopic (exact) mass is 334 g/mol. The van der Waals surface area contributed by atoms with Crippen molar-refractivity contribution < 1.29 is 14.6 Å². The Bertz CT molecular complexity index is 528. The van der Waals surface area contributed by atoms with Gasteiger partial charge in [0.1, 0.15) is 5.75 Å². The van der Waals surface area contributed by atoms with Crippen molar-refractivity contribution >= 4 is 5.91 Å². The number of rotatable bonds is 6. The van der Waals surface area contributed by atoms with Gasteiger partial charge in [-0.15, -0.1) is 0 Å². The van der Waals surface area contributed by atoms with E-state index in [1.54, 1.807) is 0 Å². The highest BCUT2D eigenvalue weighted by molar-refractivity contribution is 5.77. The molecular weight excluding hydrogens is 304 g/mol. The molecule has 0 aliphatic carbocycles. The summed E-state index contributed by atoms with van der Waals surface area (Å²) < 4.78 is 5.53. The standard InChI is InChI=1S/C19H30N2O3/c1-13(2)15-5-7-16(8-6-15)24-12-19(23)20-17-9-10-21(14(3)4)11-18(17)22/h5-8,13-14,17-18,22H,9-12H2,1-4H3,(H,20,23). The summed E-state index contributed by atoms with van der Waals surface area (Å²) in [4.78, 5) is 14.3. The topological polar surface area (TPSA) is 61.8 Å². The van der Waals surface area contributed by atoms with Crippen LogP contribution in [0.15, 0.2) is 24.3 Å². The molecule has 1 aromatic carbocycles. The van der Waals surface area contributed by atoms with Crippen molar-refractivity contribution in [3.05, 3.63) is 29.8 Å². The lowest BCUT2D eigenvalue weighted by Gasteiger charge is -2.38. The SMILES string of the molecule is CC(C)c1ccc(OCC(=O)NC2CCN(C(C)C)CC2O)cc1. The summed E-state index contributed by atoms with van der Waals surface area (Å²) in [6.45, 7) is 9.96. The Balaban J connectivity index is 1.77. The molecule has 2 rings (SSSR count). The highest BCUT2D eigenvalue weighted by atomic mass is 16.5. The van der Waals surface area contributed by atoms with Gasteiger partial charge in [-0.05, 0) is 43.9 Å². The van der Waals surface area contributed by atoms with E-state index in [1.807, 2.05) is 24.3 Å². The molecule has 1 aromatic rings. The van der Waals surface area contributed by atoms with Crippen LogP contribution >= 0.6 is 0 Å². The van der Waals surface area contributed by atoms with Crippen LogP contribution in [0, 0.1) is 0 Å². The molecule has 2 unspecified atom stereocenters. The smallest absolute Gasteiger partial charge is 0.258 e.